The number of fused-ring (bicyclic) bond motifs is 3. The van der Waals surface area contributed by atoms with Crippen LogP contribution in [-0.4, -0.2) is 21.4 Å². The fourth-order valence-corrected chi connectivity index (χ4v) is 4.80. The second-order valence-electron chi connectivity index (χ2n) is 6.01. The van der Waals surface area contributed by atoms with Crippen molar-refractivity contribution in [3.8, 4) is 0 Å². The quantitative estimate of drug-likeness (QED) is 0.467. The first-order chi connectivity index (χ1) is 11.1. The molecular formula is C17H22N2O2S2. The van der Waals surface area contributed by atoms with Gasteiger partial charge in [-0.05, 0) is 17.2 Å². The van der Waals surface area contributed by atoms with E-state index in [1.54, 1.807) is 33.7 Å². The third-order valence-corrected chi connectivity index (χ3v) is 6.08. The smallest absolute Gasteiger partial charge is 0.263 e. The van der Waals surface area contributed by atoms with Gasteiger partial charge < -0.3 is 4.74 Å². The molecule has 3 heterocycles. The second-order valence-corrected chi connectivity index (χ2v) is 8.33. The molecule has 1 aliphatic rings. The van der Waals surface area contributed by atoms with Crippen molar-refractivity contribution in [2.24, 2.45) is 5.92 Å². The van der Waals surface area contributed by atoms with Crippen LogP contribution in [0.3, 0.4) is 0 Å². The van der Waals surface area contributed by atoms with Crippen LogP contribution in [0.15, 0.2) is 22.6 Å². The maximum Gasteiger partial charge on any atom is 0.263 e. The lowest BCUT2D eigenvalue weighted by molar-refractivity contribution is 0.00200. The highest BCUT2D eigenvalue weighted by Crippen LogP contribution is 2.35. The molecule has 2 aromatic heterocycles. The minimum absolute atomic E-state index is 0.0627. The van der Waals surface area contributed by atoms with Crippen molar-refractivity contribution < 1.29 is 4.74 Å². The molecule has 0 N–H and O–H groups in total. The molecule has 1 aliphatic heterocycles. The van der Waals surface area contributed by atoms with Gasteiger partial charge in [-0.2, -0.15) is 0 Å². The van der Waals surface area contributed by atoms with E-state index in [4.69, 9.17) is 9.72 Å². The van der Waals surface area contributed by atoms with Crippen LogP contribution >= 0.6 is 23.1 Å². The van der Waals surface area contributed by atoms with Crippen molar-refractivity contribution in [2.45, 2.75) is 51.6 Å². The summed E-state index contributed by atoms with van der Waals surface area (Å²) < 4.78 is 7.69. The summed E-state index contributed by atoms with van der Waals surface area (Å²) in [4.78, 5) is 19.8. The van der Waals surface area contributed by atoms with Gasteiger partial charge in [0.15, 0.2) is 5.16 Å². The van der Waals surface area contributed by atoms with Crippen LogP contribution in [0.25, 0.3) is 10.2 Å². The summed E-state index contributed by atoms with van der Waals surface area (Å²) in [6.07, 6.45) is 2.74. The summed E-state index contributed by atoms with van der Waals surface area (Å²) in [5.74, 6) is 1.33. The Morgan fingerprint density at radius 2 is 2.35 bits per heavy atom. The monoisotopic (exact) mass is 350 g/mol. The number of hydrogen-bond acceptors (Lipinski definition) is 5. The number of nitrogens with zero attached hydrogens (tertiary/aromatic N) is 2. The van der Waals surface area contributed by atoms with Crippen molar-refractivity contribution in [3.63, 3.8) is 0 Å². The molecule has 0 aromatic carbocycles. The summed E-state index contributed by atoms with van der Waals surface area (Å²) >= 11 is 3.21. The van der Waals surface area contributed by atoms with E-state index in [0.717, 1.165) is 38.0 Å². The van der Waals surface area contributed by atoms with Gasteiger partial charge in [-0.3, -0.25) is 9.36 Å². The molecular weight excluding hydrogens is 328 g/mol. The van der Waals surface area contributed by atoms with E-state index in [9.17, 15) is 4.79 Å². The van der Waals surface area contributed by atoms with Gasteiger partial charge in [0.25, 0.3) is 5.56 Å². The molecule has 3 rings (SSSR count). The van der Waals surface area contributed by atoms with E-state index in [1.807, 2.05) is 0 Å². The standard InChI is InChI=1S/C17H22N2O2S2/c1-5-7-19-16(20)14-11-8-12(10(3)4)21-9-13(11)23-15(14)18-17(19)22-6-2/h5,10,12H,1,6-9H2,2-4H3. The largest absolute Gasteiger partial charge is 0.372 e. The van der Waals surface area contributed by atoms with Crippen molar-refractivity contribution in [1.29, 1.82) is 0 Å². The Morgan fingerprint density at radius 3 is 3.00 bits per heavy atom. The number of hydrogen-bond donors (Lipinski definition) is 0. The maximum absolute atomic E-state index is 13.1. The van der Waals surface area contributed by atoms with Crippen LogP contribution in [0.2, 0.25) is 0 Å². The third kappa shape index (κ3) is 2.99. The molecule has 1 unspecified atom stereocenters. The van der Waals surface area contributed by atoms with Gasteiger partial charge in [0, 0.05) is 17.8 Å². The molecule has 1 atom stereocenters. The molecule has 0 amide bonds. The van der Waals surface area contributed by atoms with Crippen molar-refractivity contribution >= 4 is 33.3 Å². The lowest BCUT2D eigenvalue weighted by Gasteiger charge is -2.26. The Labute approximate surface area is 144 Å². The normalized spacial score (nSPS) is 17.7. The van der Waals surface area contributed by atoms with Gasteiger partial charge in [0.05, 0.1) is 18.1 Å². The predicted molar refractivity (Wildman–Crippen MR) is 97.6 cm³/mol. The number of rotatable bonds is 5. The Balaban J connectivity index is 2.19. The average Bonchev–Trinajstić information content (AvgIpc) is 2.88. The third-order valence-electron chi connectivity index (χ3n) is 4.12. The minimum atomic E-state index is 0.0627. The molecule has 0 fully saturated rings. The Kier molecular flexibility index (Phi) is 4.94. The summed E-state index contributed by atoms with van der Waals surface area (Å²) in [6, 6.07) is 0. The first kappa shape index (κ1) is 16.7. The van der Waals surface area contributed by atoms with Gasteiger partial charge >= 0.3 is 0 Å². The maximum atomic E-state index is 13.1. The SMILES string of the molecule is C=CCn1c(SCC)nc2sc3c(c2c1=O)CC(C(C)C)OC3. The van der Waals surface area contributed by atoms with E-state index in [1.165, 1.54) is 0 Å². The summed E-state index contributed by atoms with van der Waals surface area (Å²) in [5, 5.41) is 1.58. The van der Waals surface area contributed by atoms with Crippen molar-refractivity contribution in [2.75, 3.05) is 5.75 Å². The Bertz CT molecular complexity index is 792. The zero-order valence-corrected chi connectivity index (χ0v) is 15.4. The molecule has 0 aliphatic carbocycles. The number of allylic oxidation sites excluding steroid dienone is 1. The first-order valence-electron chi connectivity index (χ1n) is 7.97. The summed E-state index contributed by atoms with van der Waals surface area (Å²) in [6.45, 7) is 11.3. The first-order valence-corrected chi connectivity index (χ1v) is 9.77. The highest BCUT2D eigenvalue weighted by molar-refractivity contribution is 7.99. The zero-order valence-electron chi connectivity index (χ0n) is 13.8. The Morgan fingerprint density at radius 1 is 1.57 bits per heavy atom. The van der Waals surface area contributed by atoms with Gasteiger partial charge in [-0.1, -0.05) is 38.6 Å². The molecule has 0 spiro atoms. The highest BCUT2D eigenvalue weighted by atomic mass is 32.2. The van der Waals surface area contributed by atoms with Gasteiger partial charge in [0.2, 0.25) is 0 Å². The van der Waals surface area contributed by atoms with E-state index < -0.39 is 0 Å². The number of thiophene rings is 1. The number of aromatic nitrogens is 2. The van der Waals surface area contributed by atoms with E-state index >= 15 is 0 Å². The van der Waals surface area contributed by atoms with Gasteiger partial charge in [0.1, 0.15) is 4.83 Å². The fraction of sp³-hybridized carbons (Fsp3) is 0.529. The molecule has 0 radical (unpaired) electrons. The summed E-state index contributed by atoms with van der Waals surface area (Å²) in [7, 11) is 0. The molecule has 0 saturated heterocycles. The lowest BCUT2D eigenvalue weighted by Crippen LogP contribution is -2.28. The molecule has 23 heavy (non-hydrogen) atoms. The summed E-state index contributed by atoms with van der Waals surface area (Å²) in [5.41, 5.74) is 1.21. The van der Waals surface area contributed by atoms with Crippen LogP contribution in [0.4, 0.5) is 0 Å². The highest BCUT2D eigenvalue weighted by Gasteiger charge is 2.28. The zero-order chi connectivity index (χ0) is 16.6. The van der Waals surface area contributed by atoms with Crippen LogP contribution in [0, 0.1) is 5.92 Å². The fourth-order valence-electron chi connectivity index (χ4n) is 2.90. The lowest BCUT2D eigenvalue weighted by atomic mass is 9.96. The predicted octanol–water partition coefficient (Wildman–Crippen LogP) is 3.85. The van der Waals surface area contributed by atoms with E-state index in [-0.39, 0.29) is 11.7 Å². The Hall–Kier alpha value is -1.11. The molecule has 0 saturated carbocycles. The van der Waals surface area contributed by atoms with Crippen molar-refractivity contribution in [1.82, 2.24) is 9.55 Å². The van der Waals surface area contributed by atoms with Crippen LogP contribution < -0.4 is 5.56 Å². The molecule has 124 valence electrons. The molecule has 2 aromatic rings. The van der Waals surface area contributed by atoms with E-state index in [0.29, 0.717) is 19.1 Å². The molecule has 6 heteroatoms. The average molecular weight is 351 g/mol. The van der Waals surface area contributed by atoms with Crippen LogP contribution in [0.5, 0.6) is 0 Å². The van der Waals surface area contributed by atoms with Gasteiger partial charge in [-0.25, -0.2) is 4.98 Å². The molecule has 0 bridgehead atoms. The second kappa shape index (κ2) is 6.79. The number of ether oxygens (including phenoxy) is 1. The minimum Gasteiger partial charge on any atom is -0.372 e. The number of thioether (sulfide) groups is 1. The van der Waals surface area contributed by atoms with Crippen molar-refractivity contribution in [3.05, 3.63) is 33.4 Å². The van der Waals surface area contributed by atoms with E-state index in [2.05, 4.69) is 27.4 Å². The molecule has 4 nitrogen and oxygen atoms in total. The van der Waals surface area contributed by atoms with Crippen LogP contribution in [-0.2, 0) is 24.3 Å². The topological polar surface area (TPSA) is 44.1 Å². The van der Waals surface area contributed by atoms with Gasteiger partial charge in [-0.15, -0.1) is 17.9 Å². The van der Waals surface area contributed by atoms with Crippen LogP contribution in [0.1, 0.15) is 31.2 Å².